The van der Waals surface area contributed by atoms with Gasteiger partial charge in [-0.05, 0) is 71.6 Å². The topological polar surface area (TPSA) is 190 Å². The molecule has 4 aliphatic rings. The third kappa shape index (κ3) is 10.9. The van der Waals surface area contributed by atoms with Crippen LogP contribution in [0.3, 0.4) is 0 Å². The van der Waals surface area contributed by atoms with Crippen LogP contribution in [0.15, 0.2) is 47.6 Å². The second-order valence-electron chi connectivity index (χ2n) is 15.0. The molecule has 4 amide bonds. The lowest BCUT2D eigenvalue weighted by Crippen LogP contribution is -2.55. The number of likely N-dealkylation sites (tertiary alicyclic amines) is 1. The van der Waals surface area contributed by atoms with E-state index in [0.717, 1.165) is 19.3 Å². The summed E-state index contributed by atoms with van der Waals surface area (Å²) in [5.41, 5.74) is -1.50. The molecule has 0 unspecified atom stereocenters. The van der Waals surface area contributed by atoms with E-state index in [1.165, 1.54) is 17.7 Å². The monoisotopic (exact) mass is 727 g/mol. The Balaban J connectivity index is 1.30. The van der Waals surface area contributed by atoms with Crippen molar-refractivity contribution >= 4 is 45.3 Å². The highest BCUT2D eigenvalue weighted by atomic mass is 32.2. The number of hydrogen-bond acceptors (Lipinski definition) is 10. The number of nitrogens with zero attached hydrogens (tertiary/aromatic N) is 2. The van der Waals surface area contributed by atoms with E-state index in [9.17, 15) is 32.4 Å². The van der Waals surface area contributed by atoms with Gasteiger partial charge >= 0.3 is 6.09 Å². The number of rotatable bonds is 16. The molecule has 2 aliphatic heterocycles. The summed E-state index contributed by atoms with van der Waals surface area (Å²) in [7, 11) is -3.82. The van der Waals surface area contributed by atoms with Gasteiger partial charge in [0.2, 0.25) is 27.6 Å². The number of allylic oxidation sites excluding steroid dienone is 2. The minimum atomic E-state index is -3.82. The Hall–Kier alpha value is -4.27. The molecule has 278 valence electrons. The third-order valence-electron chi connectivity index (χ3n) is 9.15. The minimum absolute atomic E-state index is 0.0208. The molecule has 0 radical (unpaired) electrons. The number of ketones is 1. The number of Topliss-reactive ketones (excluding diaryl/α,β-unsaturated/α-hetero) is 1. The van der Waals surface area contributed by atoms with Gasteiger partial charge in [-0.1, -0.05) is 60.5 Å². The Morgan fingerprint density at radius 2 is 1.78 bits per heavy atom. The number of oxime groups is 1. The van der Waals surface area contributed by atoms with Crippen LogP contribution >= 0.6 is 0 Å². The van der Waals surface area contributed by atoms with Gasteiger partial charge in [0.1, 0.15) is 23.4 Å². The summed E-state index contributed by atoms with van der Waals surface area (Å²) in [5.74, 6) is -1.83. The molecule has 2 heterocycles. The molecule has 1 aromatic carbocycles. The van der Waals surface area contributed by atoms with Crippen molar-refractivity contribution in [3.63, 3.8) is 0 Å². The number of ether oxygens (including phenoxy) is 1. The molecule has 1 spiro atoms. The van der Waals surface area contributed by atoms with Crippen molar-refractivity contribution in [1.82, 2.24) is 20.3 Å². The van der Waals surface area contributed by atoms with Crippen LogP contribution in [-0.4, -0.2) is 90.3 Å². The zero-order valence-electron chi connectivity index (χ0n) is 29.5. The number of benzene rings is 1. The fourth-order valence-electron chi connectivity index (χ4n) is 6.22. The quantitative estimate of drug-likeness (QED) is 0.130. The number of carbonyl (C=O) groups is 5. The fourth-order valence-corrected chi connectivity index (χ4v) is 7.53. The average Bonchev–Trinajstić information content (AvgIpc) is 4.02. The first-order chi connectivity index (χ1) is 24.1. The molecule has 3 atom stereocenters. The molecule has 3 N–H and O–H groups in total. The Kier molecular flexibility index (Phi) is 11.9. The lowest BCUT2D eigenvalue weighted by molar-refractivity contribution is -0.140. The van der Waals surface area contributed by atoms with Crippen molar-refractivity contribution in [3.05, 3.63) is 48.0 Å². The predicted molar refractivity (Wildman–Crippen MR) is 188 cm³/mol. The maximum absolute atomic E-state index is 14.3. The smallest absolute Gasteiger partial charge is 0.408 e. The SMILES string of the molecule is CC(C)(C)OC(=O)N[C@@H](CCCCC/C=C\C1CC1)C(=O)N1C[C@@]2(CC(C(=O)c3ccccc3)=NO2)C[C@H]1C(=O)NCC(=O)NS(=O)(=O)C1CC1. The number of alkyl carbamates (subject to hydrolysis) is 1. The Bertz CT molecular complexity index is 1650. The van der Waals surface area contributed by atoms with Gasteiger partial charge in [-0.15, -0.1) is 0 Å². The van der Waals surface area contributed by atoms with Gasteiger partial charge in [-0.3, -0.25) is 23.9 Å². The Labute approximate surface area is 299 Å². The van der Waals surface area contributed by atoms with E-state index in [1.807, 2.05) is 4.72 Å². The lowest BCUT2D eigenvalue weighted by atomic mass is 9.91. The molecule has 1 aromatic rings. The highest BCUT2D eigenvalue weighted by Gasteiger charge is 2.55. The largest absolute Gasteiger partial charge is 0.444 e. The van der Waals surface area contributed by atoms with Crippen LogP contribution in [-0.2, 0) is 34.0 Å². The summed E-state index contributed by atoms with van der Waals surface area (Å²) in [6, 6.07) is 6.32. The molecule has 51 heavy (non-hydrogen) atoms. The van der Waals surface area contributed by atoms with Crippen LogP contribution < -0.4 is 15.4 Å². The standard InChI is InChI=1S/C36H49N5O9S/c1-35(2,3)49-34(46)38-27(15-11-6-4-5-8-12-24-16-17-24)33(45)41-23-36(20-28(39-50-36)31(43)25-13-9-7-10-14-25)21-29(41)32(44)37-22-30(42)40-51(47,48)26-18-19-26/h7-10,12-14,24,26-27,29H,4-6,11,15-23H2,1-3H3,(H,37,44)(H,38,46)(H,40,42)/b12-8-/t27-,29-,36+/m0/s1. The van der Waals surface area contributed by atoms with Crippen LogP contribution in [0.2, 0.25) is 0 Å². The Morgan fingerprint density at radius 1 is 1.06 bits per heavy atom. The summed E-state index contributed by atoms with van der Waals surface area (Å²) in [6.45, 7) is 4.36. The summed E-state index contributed by atoms with van der Waals surface area (Å²) in [6.07, 6.45) is 10.5. The van der Waals surface area contributed by atoms with E-state index in [-0.39, 0.29) is 37.3 Å². The number of amides is 4. The molecular weight excluding hydrogens is 678 g/mol. The van der Waals surface area contributed by atoms with E-state index in [1.54, 1.807) is 51.1 Å². The first-order valence-corrected chi connectivity index (χ1v) is 19.3. The molecule has 2 aliphatic carbocycles. The first-order valence-electron chi connectivity index (χ1n) is 17.8. The van der Waals surface area contributed by atoms with Crippen molar-refractivity contribution in [2.75, 3.05) is 13.1 Å². The zero-order valence-corrected chi connectivity index (χ0v) is 30.3. The van der Waals surface area contributed by atoms with Gasteiger partial charge < -0.3 is 25.1 Å². The van der Waals surface area contributed by atoms with Crippen LogP contribution in [0.25, 0.3) is 0 Å². The highest BCUT2D eigenvalue weighted by Crippen LogP contribution is 2.39. The second-order valence-corrected chi connectivity index (χ2v) is 16.9. The number of unbranched alkanes of at least 4 members (excludes halogenated alkanes) is 3. The van der Waals surface area contributed by atoms with E-state index < -0.39 is 68.9 Å². The van der Waals surface area contributed by atoms with Gasteiger partial charge in [-0.2, -0.15) is 0 Å². The molecule has 15 heteroatoms. The number of hydrogen-bond donors (Lipinski definition) is 3. The van der Waals surface area contributed by atoms with E-state index in [0.29, 0.717) is 30.7 Å². The fraction of sp³-hybridized carbons (Fsp3) is 0.611. The van der Waals surface area contributed by atoms with Crippen LogP contribution in [0.1, 0.15) is 102 Å². The summed E-state index contributed by atoms with van der Waals surface area (Å²) < 4.78 is 31.9. The van der Waals surface area contributed by atoms with Crippen molar-refractivity contribution in [2.45, 2.75) is 120 Å². The van der Waals surface area contributed by atoms with Crippen molar-refractivity contribution in [3.8, 4) is 0 Å². The minimum Gasteiger partial charge on any atom is -0.444 e. The molecule has 2 saturated carbocycles. The summed E-state index contributed by atoms with van der Waals surface area (Å²) >= 11 is 0. The van der Waals surface area contributed by atoms with Crippen molar-refractivity contribution in [2.24, 2.45) is 11.1 Å². The van der Waals surface area contributed by atoms with Gasteiger partial charge in [0.05, 0.1) is 18.3 Å². The van der Waals surface area contributed by atoms with Crippen molar-refractivity contribution in [1.29, 1.82) is 0 Å². The number of sulfonamides is 1. The number of carbonyl (C=O) groups excluding carboxylic acids is 5. The maximum atomic E-state index is 14.3. The molecule has 1 saturated heterocycles. The number of nitrogens with one attached hydrogen (secondary N) is 3. The average molecular weight is 728 g/mol. The highest BCUT2D eigenvalue weighted by molar-refractivity contribution is 7.90. The van der Waals surface area contributed by atoms with E-state index >= 15 is 0 Å². The lowest BCUT2D eigenvalue weighted by Gasteiger charge is -2.29. The van der Waals surface area contributed by atoms with E-state index in [4.69, 9.17) is 9.57 Å². The maximum Gasteiger partial charge on any atom is 0.408 e. The van der Waals surface area contributed by atoms with E-state index in [2.05, 4.69) is 27.9 Å². The molecule has 0 aromatic heterocycles. The molecule has 14 nitrogen and oxygen atoms in total. The third-order valence-corrected chi connectivity index (χ3v) is 11.0. The molecule has 5 rings (SSSR count). The normalized spacial score (nSPS) is 22.3. The summed E-state index contributed by atoms with van der Waals surface area (Å²) in [4.78, 5) is 73.8. The molecule has 0 bridgehead atoms. The van der Waals surface area contributed by atoms with Gasteiger partial charge in [-0.25, -0.2) is 13.2 Å². The van der Waals surface area contributed by atoms with Crippen LogP contribution in [0.5, 0.6) is 0 Å². The van der Waals surface area contributed by atoms with Gasteiger partial charge in [0, 0.05) is 18.4 Å². The van der Waals surface area contributed by atoms with Gasteiger partial charge in [0.25, 0.3) is 5.91 Å². The molecule has 3 fully saturated rings. The predicted octanol–water partition coefficient (Wildman–Crippen LogP) is 3.52. The van der Waals surface area contributed by atoms with Crippen molar-refractivity contribution < 1.29 is 42.0 Å². The first kappa shape index (κ1) is 38.0. The van der Waals surface area contributed by atoms with Crippen LogP contribution in [0.4, 0.5) is 4.79 Å². The molecular formula is C36H49N5O9S. The second kappa shape index (κ2) is 16.0. The Morgan fingerprint density at radius 3 is 2.45 bits per heavy atom. The van der Waals surface area contributed by atoms with Crippen LogP contribution in [0, 0.1) is 5.92 Å². The van der Waals surface area contributed by atoms with Gasteiger partial charge in [0.15, 0.2) is 5.60 Å². The summed E-state index contributed by atoms with van der Waals surface area (Å²) in [5, 5.41) is 8.62. The zero-order chi connectivity index (χ0) is 36.8.